The summed E-state index contributed by atoms with van der Waals surface area (Å²) in [6.07, 6.45) is 0. The average molecular weight is 257 g/mol. The van der Waals surface area contributed by atoms with Crippen LogP contribution in [-0.4, -0.2) is 5.91 Å². The van der Waals surface area contributed by atoms with E-state index in [1.165, 1.54) is 0 Å². The molecule has 2 aromatic carbocycles. The largest absolute Gasteiger partial charge is 0.322 e. The number of carbonyl (C=O) groups excluding carboxylic acids is 1. The fourth-order valence-electron chi connectivity index (χ4n) is 1.75. The molecule has 0 aliphatic heterocycles. The molecule has 2 rings (SSSR count). The van der Waals surface area contributed by atoms with Gasteiger partial charge in [0.1, 0.15) is 0 Å². The van der Waals surface area contributed by atoms with Crippen molar-refractivity contribution in [1.82, 2.24) is 0 Å². The van der Waals surface area contributed by atoms with E-state index >= 15 is 0 Å². The van der Waals surface area contributed by atoms with E-state index in [9.17, 15) is 4.79 Å². The first-order chi connectivity index (χ1) is 8.56. The van der Waals surface area contributed by atoms with Crippen molar-refractivity contribution in [1.29, 1.82) is 0 Å². The van der Waals surface area contributed by atoms with Crippen LogP contribution in [0.1, 0.15) is 21.5 Å². The summed E-state index contributed by atoms with van der Waals surface area (Å²) in [4.78, 5) is 12.8. The summed E-state index contributed by atoms with van der Waals surface area (Å²) in [5.74, 6) is -0.130. The van der Waals surface area contributed by atoms with E-state index in [-0.39, 0.29) is 5.91 Å². The lowest BCUT2D eigenvalue weighted by Gasteiger charge is -2.08. The van der Waals surface area contributed by atoms with Crippen molar-refractivity contribution >= 4 is 24.2 Å². The molecule has 1 N–H and O–H groups in total. The molecule has 0 atom stereocenters. The van der Waals surface area contributed by atoms with E-state index in [0.717, 1.165) is 16.8 Å². The molecule has 0 saturated heterocycles. The maximum Gasteiger partial charge on any atom is 0.256 e. The molecule has 0 aromatic heterocycles. The number of anilines is 1. The van der Waals surface area contributed by atoms with Crippen LogP contribution in [0.2, 0.25) is 0 Å². The number of benzene rings is 2. The van der Waals surface area contributed by atoms with Crippen molar-refractivity contribution in [2.75, 3.05) is 5.32 Å². The third-order valence-electron chi connectivity index (χ3n) is 2.67. The molecule has 0 heterocycles. The van der Waals surface area contributed by atoms with Gasteiger partial charge in [-0.1, -0.05) is 23.8 Å². The molecule has 0 unspecified atom stereocenters. The second-order valence-electron chi connectivity index (χ2n) is 4.34. The Morgan fingerprint density at radius 3 is 2.50 bits per heavy atom. The molecular formula is C15H15NOS. The number of amides is 1. The fraction of sp³-hybridized carbons (Fsp3) is 0.133. The Balaban J connectivity index is 2.24. The minimum absolute atomic E-state index is 0.130. The number of hydrogen-bond donors (Lipinski definition) is 2. The minimum Gasteiger partial charge on any atom is -0.322 e. The third-order valence-corrected chi connectivity index (χ3v) is 3.06. The van der Waals surface area contributed by atoms with Gasteiger partial charge < -0.3 is 5.32 Å². The number of nitrogens with one attached hydrogen (secondary N) is 1. The molecule has 2 aromatic rings. The number of hydrogen-bond acceptors (Lipinski definition) is 2. The van der Waals surface area contributed by atoms with E-state index < -0.39 is 0 Å². The van der Waals surface area contributed by atoms with Gasteiger partial charge in [0.05, 0.1) is 5.56 Å². The van der Waals surface area contributed by atoms with Crippen molar-refractivity contribution < 1.29 is 4.79 Å². The zero-order valence-corrected chi connectivity index (χ0v) is 11.3. The fourth-order valence-corrected chi connectivity index (χ4v) is 1.99. The number of aryl methyl sites for hydroxylation is 2. The third kappa shape index (κ3) is 2.93. The zero-order valence-electron chi connectivity index (χ0n) is 10.4. The molecule has 0 radical (unpaired) electrons. The summed E-state index contributed by atoms with van der Waals surface area (Å²) in [6, 6.07) is 13.3. The highest BCUT2D eigenvalue weighted by molar-refractivity contribution is 7.80. The number of carbonyl (C=O) groups is 1. The summed E-state index contributed by atoms with van der Waals surface area (Å²) in [6.45, 7) is 3.95. The van der Waals surface area contributed by atoms with E-state index in [1.807, 2.05) is 56.3 Å². The predicted molar refractivity (Wildman–Crippen MR) is 77.6 cm³/mol. The summed E-state index contributed by atoms with van der Waals surface area (Å²) in [5, 5.41) is 2.88. The van der Waals surface area contributed by atoms with Crippen LogP contribution in [-0.2, 0) is 0 Å². The van der Waals surface area contributed by atoms with Crippen LogP contribution in [0.15, 0.2) is 47.4 Å². The second kappa shape index (κ2) is 5.27. The van der Waals surface area contributed by atoms with Crippen LogP contribution in [0, 0.1) is 13.8 Å². The van der Waals surface area contributed by atoms with E-state index in [4.69, 9.17) is 0 Å². The highest BCUT2D eigenvalue weighted by Gasteiger charge is 2.09. The van der Waals surface area contributed by atoms with E-state index in [2.05, 4.69) is 17.9 Å². The van der Waals surface area contributed by atoms with Gasteiger partial charge in [-0.15, -0.1) is 12.6 Å². The van der Waals surface area contributed by atoms with Gasteiger partial charge in [-0.25, -0.2) is 0 Å². The molecule has 18 heavy (non-hydrogen) atoms. The smallest absolute Gasteiger partial charge is 0.256 e. The van der Waals surface area contributed by atoms with Crippen molar-refractivity contribution in [2.24, 2.45) is 0 Å². The molecule has 92 valence electrons. The summed E-state index contributed by atoms with van der Waals surface area (Å²) in [5.41, 5.74) is 3.56. The monoisotopic (exact) mass is 257 g/mol. The highest BCUT2D eigenvalue weighted by atomic mass is 32.1. The molecule has 1 amide bonds. The lowest BCUT2D eigenvalue weighted by molar-refractivity contribution is 0.102. The van der Waals surface area contributed by atoms with Crippen LogP contribution in [0.4, 0.5) is 5.69 Å². The first-order valence-electron chi connectivity index (χ1n) is 5.74. The Kier molecular flexibility index (Phi) is 3.72. The molecule has 0 spiro atoms. The van der Waals surface area contributed by atoms with Gasteiger partial charge in [0.2, 0.25) is 0 Å². The van der Waals surface area contributed by atoms with Crippen LogP contribution >= 0.6 is 12.6 Å². The molecule has 0 aliphatic carbocycles. The maximum atomic E-state index is 12.1. The molecule has 2 nitrogen and oxygen atoms in total. The normalized spacial score (nSPS) is 10.2. The van der Waals surface area contributed by atoms with E-state index in [1.54, 1.807) is 0 Å². The zero-order chi connectivity index (χ0) is 13.1. The standard InChI is InChI=1S/C15H15NOS/c1-10-4-3-5-12(8-10)16-15(17)13-9-11(2)6-7-14(13)18/h3-9,18H,1-2H3,(H,16,17). The van der Waals surface area contributed by atoms with Gasteiger partial charge in [-0.2, -0.15) is 0 Å². The molecule has 3 heteroatoms. The first-order valence-corrected chi connectivity index (χ1v) is 6.18. The number of thiol groups is 1. The summed E-state index contributed by atoms with van der Waals surface area (Å²) >= 11 is 4.31. The topological polar surface area (TPSA) is 29.1 Å². The molecule has 0 aliphatic rings. The minimum atomic E-state index is -0.130. The highest BCUT2D eigenvalue weighted by Crippen LogP contribution is 2.18. The van der Waals surface area contributed by atoms with Crippen molar-refractivity contribution in [3.8, 4) is 0 Å². The number of rotatable bonds is 2. The van der Waals surface area contributed by atoms with Gasteiger partial charge in [0.25, 0.3) is 5.91 Å². The molecule has 0 saturated carbocycles. The first kappa shape index (κ1) is 12.7. The summed E-state index contributed by atoms with van der Waals surface area (Å²) < 4.78 is 0. The Hall–Kier alpha value is -1.74. The van der Waals surface area contributed by atoms with Gasteiger partial charge in [0.15, 0.2) is 0 Å². The Morgan fingerprint density at radius 2 is 1.78 bits per heavy atom. The Labute approximate surface area is 112 Å². The van der Waals surface area contributed by atoms with Crippen molar-refractivity contribution in [3.63, 3.8) is 0 Å². The van der Waals surface area contributed by atoms with Gasteiger partial charge in [0, 0.05) is 10.6 Å². The maximum absolute atomic E-state index is 12.1. The quantitative estimate of drug-likeness (QED) is 0.786. The Morgan fingerprint density at radius 1 is 1.06 bits per heavy atom. The second-order valence-corrected chi connectivity index (χ2v) is 4.83. The van der Waals surface area contributed by atoms with E-state index in [0.29, 0.717) is 10.5 Å². The molecule has 0 bridgehead atoms. The van der Waals surface area contributed by atoms with Crippen LogP contribution < -0.4 is 5.32 Å². The summed E-state index contributed by atoms with van der Waals surface area (Å²) in [7, 11) is 0. The lowest BCUT2D eigenvalue weighted by Crippen LogP contribution is -2.12. The predicted octanol–water partition coefficient (Wildman–Crippen LogP) is 3.84. The molecule has 0 fully saturated rings. The van der Waals surface area contributed by atoms with Crippen LogP contribution in [0.25, 0.3) is 0 Å². The van der Waals surface area contributed by atoms with Crippen LogP contribution in [0.5, 0.6) is 0 Å². The average Bonchev–Trinajstić information content (AvgIpc) is 2.32. The Bertz CT molecular complexity index is 593. The van der Waals surface area contributed by atoms with Gasteiger partial charge >= 0.3 is 0 Å². The van der Waals surface area contributed by atoms with Crippen molar-refractivity contribution in [2.45, 2.75) is 18.7 Å². The van der Waals surface area contributed by atoms with Gasteiger partial charge in [-0.3, -0.25) is 4.79 Å². The van der Waals surface area contributed by atoms with Crippen LogP contribution in [0.3, 0.4) is 0 Å². The van der Waals surface area contributed by atoms with Gasteiger partial charge in [-0.05, 0) is 43.7 Å². The SMILES string of the molecule is Cc1cccc(NC(=O)c2cc(C)ccc2S)c1. The lowest BCUT2D eigenvalue weighted by atomic mass is 10.1. The van der Waals surface area contributed by atoms with Crippen molar-refractivity contribution in [3.05, 3.63) is 59.2 Å². The molecular weight excluding hydrogens is 242 g/mol.